The molecule has 0 saturated carbocycles. The number of aryl methyl sites for hydroxylation is 1. The van der Waals surface area contributed by atoms with Gasteiger partial charge >= 0.3 is 0 Å². The van der Waals surface area contributed by atoms with Crippen molar-refractivity contribution in [2.45, 2.75) is 44.4 Å². The van der Waals surface area contributed by atoms with Gasteiger partial charge in [0.1, 0.15) is 0 Å². The van der Waals surface area contributed by atoms with Gasteiger partial charge in [-0.3, -0.25) is 4.79 Å². The summed E-state index contributed by atoms with van der Waals surface area (Å²) >= 11 is 0. The summed E-state index contributed by atoms with van der Waals surface area (Å²) in [5.41, 5.74) is 1.19. The van der Waals surface area contributed by atoms with Gasteiger partial charge in [0.2, 0.25) is 0 Å². The van der Waals surface area contributed by atoms with E-state index in [1.807, 2.05) is 6.92 Å². The SMILES string of the molecule is CCCCCNC(=O)c1cc(S(=O)(=O)Cl)ccc1CC. The van der Waals surface area contributed by atoms with Crippen LogP contribution in [0.5, 0.6) is 0 Å². The molecule has 0 aromatic heterocycles. The van der Waals surface area contributed by atoms with Gasteiger partial charge < -0.3 is 5.32 Å². The molecule has 1 aromatic carbocycles. The van der Waals surface area contributed by atoms with E-state index in [0.717, 1.165) is 24.8 Å². The summed E-state index contributed by atoms with van der Waals surface area (Å²) in [5, 5.41) is 2.81. The summed E-state index contributed by atoms with van der Waals surface area (Å²) in [6.45, 7) is 4.59. The van der Waals surface area contributed by atoms with Crippen molar-refractivity contribution in [1.82, 2.24) is 5.32 Å². The van der Waals surface area contributed by atoms with E-state index in [4.69, 9.17) is 10.7 Å². The van der Waals surface area contributed by atoms with Crippen LogP contribution in [-0.4, -0.2) is 20.9 Å². The molecule has 1 aromatic rings. The van der Waals surface area contributed by atoms with Crippen molar-refractivity contribution in [2.75, 3.05) is 6.54 Å². The van der Waals surface area contributed by atoms with E-state index in [-0.39, 0.29) is 10.8 Å². The quantitative estimate of drug-likeness (QED) is 0.621. The number of unbranched alkanes of at least 4 members (excludes halogenated alkanes) is 2. The number of carbonyl (C=O) groups excluding carboxylic acids is 1. The molecule has 1 rings (SSSR count). The third kappa shape index (κ3) is 4.80. The lowest BCUT2D eigenvalue weighted by atomic mass is 10.0. The molecule has 0 radical (unpaired) electrons. The maximum absolute atomic E-state index is 12.1. The summed E-state index contributed by atoms with van der Waals surface area (Å²) in [6, 6.07) is 4.40. The third-order valence-corrected chi connectivity index (χ3v) is 4.41. The molecular weight excluding hydrogens is 298 g/mol. The molecule has 1 N–H and O–H groups in total. The second-order valence-electron chi connectivity index (χ2n) is 4.57. The van der Waals surface area contributed by atoms with Gasteiger partial charge in [-0.15, -0.1) is 0 Å². The molecule has 1 amide bonds. The maximum atomic E-state index is 12.1. The number of hydrogen-bond donors (Lipinski definition) is 1. The molecule has 4 nitrogen and oxygen atoms in total. The predicted molar refractivity (Wildman–Crippen MR) is 80.7 cm³/mol. The van der Waals surface area contributed by atoms with Crippen molar-refractivity contribution in [2.24, 2.45) is 0 Å². The smallest absolute Gasteiger partial charge is 0.261 e. The molecule has 0 fully saturated rings. The van der Waals surface area contributed by atoms with Crippen LogP contribution in [0.1, 0.15) is 49.0 Å². The third-order valence-electron chi connectivity index (χ3n) is 3.05. The van der Waals surface area contributed by atoms with Crippen LogP contribution < -0.4 is 5.32 Å². The topological polar surface area (TPSA) is 63.2 Å². The molecule has 20 heavy (non-hydrogen) atoms. The van der Waals surface area contributed by atoms with Gasteiger partial charge in [0, 0.05) is 22.8 Å². The lowest BCUT2D eigenvalue weighted by Gasteiger charge is -2.10. The summed E-state index contributed by atoms with van der Waals surface area (Å²) in [7, 11) is 1.50. The fraction of sp³-hybridized carbons (Fsp3) is 0.500. The Morgan fingerprint density at radius 2 is 1.95 bits per heavy atom. The van der Waals surface area contributed by atoms with E-state index in [2.05, 4.69) is 12.2 Å². The Bertz CT molecular complexity index is 570. The first-order valence-electron chi connectivity index (χ1n) is 6.76. The zero-order valence-corrected chi connectivity index (χ0v) is 13.4. The Morgan fingerprint density at radius 1 is 1.25 bits per heavy atom. The molecule has 0 atom stereocenters. The van der Waals surface area contributed by atoms with E-state index in [9.17, 15) is 13.2 Å². The first kappa shape index (κ1) is 17.0. The van der Waals surface area contributed by atoms with E-state index in [1.54, 1.807) is 6.07 Å². The highest BCUT2D eigenvalue weighted by Crippen LogP contribution is 2.20. The monoisotopic (exact) mass is 317 g/mol. The van der Waals surface area contributed by atoms with Gasteiger partial charge in [0.25, 0.3) is 15.0 Å². The zero-order valence-electron chi connectivity index (χ0n) is 11.8. The normalized spacial score (nSPS) is 11.3. The molecule has 112 valence electrons. The second kappa shape index (κ2) is 7.64. The van der Waals surface area contributed by atoms with Crippen LogP contribution >= 0.6 is 10.7 Å². The van der Waals surface area contributed by atoms with Crippen LogP contribution in [-0.2, 0) is 15.5 Å². The van der Waals surface area contributed by atoms with E-state index in [1.165, 1.54) is 12.1 Å². The molecule has 0 aliphatic heterocycles. The number of hydrogen-bond acceptors (Lipinski definition) is 3. The number of carbonyl (C=O) groups is 1. The summed E-state index contributed by atoms with van der Waals surface area (Å²) in [4.78, 5) is 12.1. The Morgan fingerprint density at radius 3 is 2.50 bits per heavy atom. The summed E-state index contributed by atoms with van der Waals surface area (Å²) < 4.78 is 22.7. The van der Waals surface area contributed by atoms with Crippen LogP contribution in [0.2, 0.25) is 0 Å². The standard InChI is InChI=1S/C14H20ClNO3S/c1-3-5-6-9-16-14(17)13-10-12(20(15,18)19)8-7-11(13)4-2/h7-8,10H,3-6,9H2,1-2H3,(H,16,17). The van der Waals surface area contributed by atoms with Gasteiger partial charge in [-0.05, 0) is 30.5 Å². The molecule has 0 aliphatic carbocycles. The molecule has 0 saturated heterocycles. The predicted octanol–water partition coefficient (Wildman–Crippen LogP) is 3.10. The molecule has 0 bridgehead atoms. The van der Waals surface area contributed by atoms with E-state index in [0.29, 0.717) is 18.5 Å². The zero-order chi connectivity index (χ0) is 15.2. The minimum atomic E-state index is -3.82. The second-order valence-corrected chi connectivity index (χ2v) is 7.14. The molecular formula is C14H20ClNO3S. The molecule has 0 heterocycles. The minimum absolute atomic E-state index is 0.0462. The Hall–Kier alpha value is -1.07. The Balaban J connectivity index is 2.93. The van der Waals surface area contributed by atoms with Crippen molar-refractivity contribution in [1.29, 1.82) is 0 Å². The van der Waals surface area contributed by atoms with Gasteiger partial charge in [-0.2, -0.15) is 0 Å². The number of rotatable bonds is 7. The maximum Gasteiger partial charge on any atom is 0.261 e. The Kier molecular flexibility index (Phi) is 6.49. The summed E-state index contributed by atoms with van der Waals surface area (Å²) in [6.07, 6.45) is 3.70. The average molecular weight is 318 g/mol. The highest BCUT2D eigenvalue weighted by atomic mass is 35.7. The van der Waals surface area contributed by atoms with Crippen molar-refractivity contribution in [3.63, 3.8) is 0 Å². The highest BCUT2D eigenvalue weighted by Gasteiger charge is 2.16. The van der Waals surface area contributed by atoms with Gasteiger partial charge in [0.15, 0.2) is 0 Å². The fourth-order valence-corrected chi connectivity index (χ4v) is 2.68. The van der Waals surface area contributed by atoms with Gasteiger partial charge in [0.05, 0.1) is 4.90 Å². The van der Waals surface area contributed by atoms with Crippen LogP contribution in [0.4, 0.5) is 0 Å². The fourth-order valence-electron chi connectivity index (χ4n) is 1.90. The lowest BCUT2D eigenvalue weighted by molar-refractivity contribution is 0.0952. The van der Waals surface area contributed by atoms with Crippen LogP contribution in [0, 0.1) is 0 Å². The van der Waals surface area contributed by atoms with Crippen LogP contribution in [0.3, 0.4) is 0 Å². The number of benzene rings is 1. The molecule has 0 spiro atoms. The molecule has 0 unspecified atom stereocenters. The molecule has 6 heteroatoms. The molecule has 0 aliphatic rings. The number of halogens is 1. The van der Waals surface area contributed by atoms with Crippen LogP contribution in [0.25, 0.3) is 0 Å². The van der Waals surface area contributed by atoms with Crippen molar-refractivity contribution >= 4 is 25.6 Å². The van der Waals surface area contributed by atoms with Gasteiger partial charge in [-0.25, -0.2) is 8.42 Å². The average Bonchev–Trinajstić information content (AvgIpc) is 2.41. The van der Waals surface area contributed by atoms with Crippen LogP contribution in [0.15, 0.2) is 23.1 Å². The van der Waals surface area contributed by atoms with Crippen molar-refractivity contribution in [3.8, 4) is 0 Å². The minimum Gasteiger partial charge on any atom is -0.352 e. The van der Waals surface area contributed by atoms with E-state index < -0.39 is 9.05 Å². The van der Waals surface area contributed by atoms with Crippen molar-refractivity contribution < 1.29 is 13.2 Å². The number of amides is 1. The Labute approximate surface area is 124 Å². The largest absolute Gasteiger partial charge is 0.352 e. The summed E-state index contributed by atoms with van der Waals surface area (Å²) in [5.74, 6) is -0.250. The lowest BCUT2D eigenvalue weighted by Crippen LogP contribution is -2.25. The van der Waals surface area contributed by atoms with Gasteiger partial charge in [-0.1, -0.05) is 32.8 Å². The van der Waals surface area contributed by atoms with Crippen molar-refractivity contribution in [3.05, 3.63) is 29.3 Å². The first-order valence-corrected chi connectivity index (χ1v) is 9.06. The number of nitrogens with one attached hydrogen (secondary N) is 1. The first-order chi connectivity index (χ1) is 9.40. The highest BCUT2D eigenvalue weighted by molar-refractivity contribution is 8.13. The van der Waals surface area contributed by atoms with E-state index >= 15 is 0 Å².